The number of rotatable bonds is 11. The van der Waals surface area contributed by atoms with Crippen LogP contribution in [0.2, 0.25) is 0 Å². The fraction of sp³-hybridized carbons (Fsp3) is 0. The predicted octanol–water partition coefficient (Wildman–Crippen LogP) is 18.3. The monoisotopic (exact) mass is 887 g/mol. The van der Waals surface area contributed by atoms with E-state index in [4.69, 9.17) is 0 Å². The Bertz CT molecular complexity index is 3710. The van der Waals surface area contributed by atoms with Crippen LogP contribution in [-0.4, -0.2) is 4.57 Å². The van der Waals surface area contributed by atoms with Gasteiger partial charge in [-0.05, 0) is 142 Å². The molecule has 10 aromatic carbocycles. The second-order valence-electron chi connectivity index (χ2n) is 17.1. The maximum absolute atomic E-state index is 3.78. The van der Waals surface area contributed by atoms with E-state index in [0.717, 1.165) is 56.3 Å². The summed E-state index contributed by atoms with van der Waals surface area (Å²) in [4.78, 5) is 2.53. The zero-order valence-corrected chi connectivity index (χ0v) is 38.0. The normalized spacial score (nSPS) is 11.2. The highest BCUT2D eigenvalue weighted by Gasteiger charge is 2.17. The summed E-state index contributed by atoms with van der Waals surface area (Å²) < 4.78 is 2.40. The minimum Gasteiger partial charge on any atom is -0.355 e. The Labute approximate surface area is 400 Å². The van der Waals surface area contributed by atoms with Crippen LogP contribution < -0.4 is 10.6 Å². The number of nitrogens with one attached hydrogen (secondary N) is 2. The molecule has 12 aromatic rings. The first-order valence-corrected chi connectivity index (χ1v) is 23.9. The highest BCUT2D eigenvalue weighted by molar-refractivity contribution is 7.18. The third kappa shape index (κ3) is 8.04. The lowest BCUT2D eigenvalue weighted by atomic mass is 9.95. The van der Waals surface area contributed by atoms with E-state index in [1.807, 2.05) is 17.4 Å². The summed E-state index contributed by atoms with van der Waals surface area (Å²) in [6, 6.07) is 93.8. The van der Waals surface area contributed by atoms with Crippen molar-refractivity contribution >= 4 is 55.9 Å². The standard InChI is InChI=1S/C64H45N3S/c1-5-16-44(17-6-1)56-41-48(30-35-60(56)66-53-33-28-46(29-34-53)64-39-38-63(68-64)45-18-7-2-8-19-45)50-32-37-62-58(43-50)57-42-49(31-36-61(57)67(62)54-24-11-4-12-25-54)47-20-15-21-51(40-47)55-26-13-14-27-59(55)65-52-22-9-3-10-23-52/h1-43,65-66H. The summed E-state index contributed by atoms with van der Waals surface area (Å²) in [5.74, 6) is 0. The fourth-order valence-corrected chi connectivity index (χ4v) is 10.5. The Morgan fingerprint density at radius 2 is 0.735 bits per heavy atom. The molecular formula is C64H45N3S. The zero-order chi connectivity index (χ0) is 45.2. The highest BCUT2D eigenvalue weighted by Crippen LogP contribution is 2.41. The van der Waals surface area contributed by atoms with E-state index in [1.165, 1.54) is 59.4 Å². The molecule has 0 amide bonds. The summed E-state index contributed by atoms with van der Waals surface area (Å²) in [5.41, 5.74) is 19.5. The van der Waals surface area contributed by atoms with Gasteiger partial charge < -0.3 is 15.2 Å². The molecule has 3 nitrogen and oxygen atoms in total. The average Bonchev–Trinajstić information content (AvgIpc) is 4.04. The van der Waals surface area contributed by atoms with Gasteiger partial charge in [-0.3, -0.25) is 0 Å². The third-order valence-corrected chi connectivity index (χ3v) is 14.0. The lowest BCUT2D eigenvalue weighted by Gasteiger charge is -2.15. The van der Waals surface area contributed by atoms with Gasteiger partial charge in [0.1, 0.15) is 0 Å². The van der Waals surface area contributed by atoms with Crippen molar-refractivity contribution in [3.63, 3.8) is 0 Å². The SMILES string of the molecule is c1ccc(Nc2ccccc2-c2cccc(-c3ccc4c(c3)c3cc(-c5ccc(Nc6ccc(-c7ccc(-c8ccccc8)s7)cc6)c(-c6ccccc6)c5)ccc3n4-c3ccccc3)c2)cc1. The molecule has 0 unspecified atom stereocenters. The van der Waals surface area contributed by atoms with Crippen LogP contribution in [-0.2, 0) is 0 Å². The van der Waals surface area contributed by atoms with Crippen LogP contribution in [0, 0.1) is 0 Å². The van der Waals surface area contributed by atoms with Crippen LogP contribution in [0.1, 0.15) is 0 Å². The Kier molecular flexibility index (Phi) is 10.8. The maximum Gasteiger partial charge on any atom is 0.0541 e. The first-order valence-electron chi connectivity index (χ1n) is 23.1. The molecule has 12 rings (SSSR count). The van der Waals surface area contributed by atoms with E-state index in [1.54, 1.807) is 0 Å². The van der Waals surface area contributed by atoms with E-state index in [-0.39, 0.29) is 0 Å². The van der Waals surface area contributed by atoms with Gasteiger partial charge in [0.25, 0.3) is 0 Å². The van der Waals surface area contributed by atoms with Crippen LogP contribution in [0.4, 0.5) is 22.7 Å². The smallest absolute Gasteiger partial charge is 0.0541 e. The summed E-state index contributed by atoms with van der Waals surface area (Å²) in [6.45, 7) is 0. The zero-order valence-electron chi connectivity index (χ0n) is 37.2. The largest absolute Gasteiger partial charge is 0.355 e. The molecule has 0 spiro atoms. The van der Waals surface area contributed by atoms with Crippen LogP contribution in [0.15, 0.2) is 261 Å². The van der Waals surface area contributed by atoms with Gasteiger partial charge in [-0.25, -0.2) is 0 Å². The number of anilines is 4. The molecule has 2 aromatic heterocycles. The molecule has 0 aliphatic carbocycles. The molecule has 0 saturated heterocycles. The van der Waals surface area contributed by atoms with Gasteiger partial charge in [-0.2, -0.15) is 0 Å². The van der Waals surface area contributed by atoms with E-state index in [0.29, 0.717) is 0 Å². The Morgan fingerprint density at radius 3 is 1.40 bits per heavy atom. The highest BCUT2D eigenvalue weighted by atomic mass is 32.1. The summed E-state index contributed by atoms with van der Waals surface area (Å²) in [7, 11) is 0. The van der Waals surface area contributed by atoms with Gasteiger partial charge in [-0.1, -0.05) is 164 Å². The quantitative estimate of drug-likeness (QED) is 0.135. The number of hydrogen-bond donors (Lipinski definition) is 2. The summed E-state index contributed by atoms with van der Waals surface area (Å²) in [5, 5.41) is 9.85. The third-order valence-electron chi connectivity index (χ3n) is 12.8. The van der Waals surface area contributed by atoms with Crippen LogP contribution in [0.3, 0.4) is 0 Å². The lowest BCUT2D eigenvalue weighted by Crippen LogP contribution is -1.95. The van der Waals surface area contributed by atoms with Crippen LogP contribution >= 0.6 is 11.3 Å². The molecule has 322 valence electrons. The maximum atomic E-state index is 3.78. The van der Waals surface area contributed by atoms with Crippen molar-refractivity contribution in [3.05, 3.63) is 261 Å². The molecule has 2 heterocycles. The molecule has 4 heteroatoms. The predicted molar refractivity (Wildman–Crippen MR) is 291 cm³/mol. The average molecular weight is 888 g/mol. The molecule has 0 bridgehead atoms. The number of para-hydroxylation sites is 3. The second-order valence-corrected chi connectivity index (χ2v) is 18.2. The Morgan fingerprint density at radius 1 is 0.279 bits per heavy atom. The lowest BCUT2D eigenvalue weighted by molar-refractivity contribution is 1.18. The Balaban J connectivity index is 0.909. The van der Waals surface area contributed by atoms with Gasteiger partial charge in [0.2, 0.25) is 0 Å². The molecule has 2 N–H and O–H groups in total. The van der Waals surface area contributed by atoms with Crippen molar-refractivity contribution in [3.8, 4) is 71.1 Å². The first-order chi connectivity index (χ1) is 33.7. The van der Waals surface area contributed by atoms with Crippen LogP contribution in [0.5, 0.6) is 0 Å². The van der Waals surface area contributed by atoms with Crippen molar-refractivity contribution in [2.75, 3.05) is 10.6 Å². The number of nitrogens with zero attached hydrogens (tertiary/aromatic N) is 1. The van der Waals surface area contributed by atoms with Crippen molar-refractivity contribution in [2.24, 2.45) is 0 Å². The summed E-state index contributed by atoms with van der Waals surface area (Å²) >= 11 is 1.83. The number of benzene rings is 10. The molecular weight excluding hydrogens is 843 g/mol. The van der Waals surface area contributed by atoms with Gasteiger partial charge in [-0.15, -0.1) is 11.3 Å². The van der Waals surface area contributed by atoms with Gasteiger partial charge in [0.15, 0.2) is 0 Å². The molecule has 0 radical (unpaired) electrons. The number of hydrogen-bond acceptors (Lipinski definition) is 3. The van der Waals surface area contributed by atoms with Crippen molar-refractivity contribution in [1.82, 2.24) is 4.57 Å². The van der Waals surface area contributed by atoms with Crippen molar-refractivity contribution < 1.29 is 0 Å². The second kappa shape index (κ2) is 17.9. The van der Waals surface area contributed by atoms with Crippen molar-refractivity contribution in [1.29, 1.82) is 0 Å². The Hall–Kier alpha value is -8.70. The topological polar surface area (TPSA) is 29.0 Å². The van der Waals surface area contributed by atoms with Gasteiger partial charge in [0, 0.05) is 60.1 Å². The molecule has 0 saturated carbocycles. The van der Waals surface area contributed by atoms with Crippen molar-refractivity contribution in [2.45, 2.75) is 0 Å². The number of fused-ring (bicyclic) bond motifs is 3. The minimum absolute atomic E-state index is 1.04. The van der Waals surface area contributed by atoms with Gasteiger partial charge in [0.05, 0.1) is 11.0 Å². The van der Waals surface area contributed by atoms with E-state index < -0.39 is 0 Å². The van der Waals surface area contributed by atoms with Crippen LogP contribution in [0.25, 0.3) is 92.9 Å². The first kappa shape index (κ1) is 40.8. The molecule has 0 atom stereocenters. The fourth-order valence-electron chi connectivity index (χ4n) is 9.44. The number of aromatic nitrogens is 1. The van der Waals surface area contributed by atoms with E-state index >= 15 is 0 Å². The van der Waals surface area contributed by atoms with E-state index in [9.17, 15) is 0 Å². The summed E-state index contributed by atoms with van der Waals surface area (Å²) in [6.07, 6.45) is 0. The van der Waals surface area contributed by atoms with E-state index in [2.05, 4.69) is 270 Å². The molecule has 0 aliphatic heterocycles. The minimum atomic E-state index is 1.04. The molecule has 0 fully saturated rings. The molecule has 68 heavy (non-hydrogen) atoms. The molecule has 0 aliphatic rings. The van der Waals surface area contributed by atoms with Gasteiger partial charge >= 0.3 is 0 Å². The number of thiophene rings is 1.